The highest BCUT2D eigenvalue weighted by Gasteiger charge is 2.31. The molecule has 18 heavy (non-hydrogen) atoms. The van der Waals surface area contributed by atoms with Crippen LogP contribution in [0.5, 0.6) is 0 Å². The van der Waals surface area contributed by atoms with Crippen molar-refractivity contribution in [2.24, 2.45) is 0 Å². The number of nitro benzene ring substituents is 1. The molecule has 98 valence electrons. The molecule has 0 radical (unpaired) electrons. The highest BCUT2D eigenvalue weighted by molar-refractivity contribution is 5.75. The van der Waals surface area contributed by atoms with E-state index in [2.05, 4.69) is 0 Å². The Hall–Kier alpha value is -1.82. The summed E-state index contributed by atoms with van der Waals surface area (Å²) in [4.78, 5) is 12.6. The van der Waals surface area contributed by atoms with E-state index in [0.717, 1.165) is 0 Å². The summed E-state index contributed by atoms with van der Waals surface area (Å²) in [6.07, 6.45) is 0. The molecule has 1 aromatic rings. The van der Waals surface area contributed by atoms with E-state index in [9.17, 15) is 10.1 Å². The van der Waals surface area contributed by atoms with Gasteiger partial charge in [-0.3, -0.25) is 10.1 Å². The van der Waals surface area contributed by atoms with E-state index in [1.807, 2.05) is 18.7 Å². The van der Waals surface area contributed by atoms with Crippen LogP contribution in [0.4, 0.5) is 17.1 Å². The number of morpholine rings is 1. The lowest BCUT2D eigenvalue weighted by molar-refractivity contribution is -0.383. The van der Waals surface area contributed by atoms with Crippen molar-refractivity contribution in [2.75, 3.05) is 30.3 Å². The van der Waals surface area contributed by atoms with Crippen LogP contribution in [0.3, 0.4) is 0 Å². The molecule has 6 heteroatoms. The van der Waals surface area contributed by atoms with E-state index in [-0.39, 0.29) is 17.0 Å². The van der Waals surface area contributed by atoms with Gasteiger partial charge in [0.15, 0.2) is 0 Å². The second-order valence-electron chi connectivity index (χ2n) is 5.00. The van der Waals surface area contributed by atoms with Gasteiger partial charge in [0.1, 0.15) is 11.4 Å². The summed E-state index contributed by atoms with van der Waals surface area (Å²) < 4.78 is 5.60. The predicted molar refractivity (Wildman–Crippen MR) is 69.8 cm³/mol. The van der Waals surface area contributed by atoms with Gasteiger partial charge in [-0.05, 0) is 26.0 Å². The van der Waals surface area contributed by atoms with Crippen LogP contribution in [0.25, 0.3) is 0 Å². The highest BCUT2D eigenvalue weighted by atomic mass is 16.6. The molecule has 1 aromatic carbocycles. The van der Waals surface area contributed by atoms with Gasteiger partial charge in [0.25, 0.3) is 0 Å². The van der Waals surface area contributed by atoms with Gasteiger partial charge in [0.2, 0.25) is 0 Å². The topological polar surface area (TPSA) is 81.6 Å². The Morgan fingerprint density at radius 2 is 2.22 bits per heavy atom. The monoisotopic (exact) mass is 251 g/mol. The number of nitro groups is 1. The van der Waals surface area contributed by atoms with Crippen molar-refractivity contribution in [1.82, 2.24) is 0 Å². The number of ether oxygens (including phenoxy) is 1. The van der Waals surface area contributed by atoms with Crippen LogP contribution in [0.1, 0.15) is 13.8 Å². The zero-order valence-corrected chi connectivity index (χ0v) is 10.5. The molecule has 0 atom stereocenters. The van der Waals surface area contributed by atoms with Gasteiger partial charge in [-0.2, -0.15) is 0 Å². The summed E-state index contributed by atoms with van der Waals surface area (Å²) in [5.41, 5.74) is 6.13. The van der Waals surface area contributed by atoms with E-state index in [1.165, 1.54) is 0 Å². The Balaban J connectivity index is 2.39. The first kappa shape index (κ1) is 12.6. The molecule has 0 spiro atoms. The minimum absolute atomic E-state index is 0.0183. The third-order valence-corrected chi connectivity index (χ3v) is 2.99. The third-order valence-electron chi connectivity index (χ3n) is 2.99. The largest absolute Gasteiger partial charge is 0.393 e. The van der Waals surface area contributed by atoms with Gasteiger partial charge in [-0.25, -0.2) is 0 Å². The number of hydrogen-bond donors (Lipinski definition) is 1. The van der Waals surface area contributed by atoms with Crippen molar-refractivity contribution in [1.29, 1.82) is 0 Å². The van der Waals surface area contributed by atoms with Gasteiger partial charge >= 0.3 is 5.69 Å². The summed E-state index contributed by atoms with van der Waals surface area (Å²) >= 11 is 0. The van der Waals surface area contributed by atoms with E-state index in [4.69, 9.17) is 10.5 Å². The van der Waals surface area contributed by atoms with Crippen LogP contribution >= 0.6 is 0 Å². The van der Waals surface area contributed by atoms with Crippen LogP contribution in [-0.2, 0) is 4.74 Å². The molecule has 0 amide bonds. The number of nitrogens with two attached hydrogens (primary N) is 1. The first-order valence-electron chi connectivity index (χ1n) is 5.82. The molecule has 1 aliphatic rings. The maximum Gasteiger partial charge on any atom is 0.315 e. The first-order chi connectivity index (χ1) is 8.41. The summed E-state index contributed by atoms with van der Waals surface area (Å²) in [6.45, 7) is 5.73. The van der Waals surface area contributed by atoms with Crippen molar-refractivity contribution < 1.29 is 9.66 Å². The van der Waals surface area contributed by atoms with E-state index >= 15 is 0 Å². The van der Waals surface area contributed by atoms with Gasteiger partial charge in [-0.1, -0.05) is 6.07 Å². The molecule has 1 heterocycles. The summed E-state index contributed by atoms with van der Waals surface area (Å²) in [6, 6.07) is 5.02. The highest BCUT2D eigenvalue weighted by Crippen LogP contribution is 2.35. The van der Waals surface area contributed by atoms with Crippen molar-refractivity contribution >= 4 is 17.1 Å². The van der Waals surface area contributed by atoms with Crippen molar-refractivity contribution in [2.45, 2.75) is 19.4 Å². The lowest BCUT2D eigenvalue weighted by Crippen LogP contribution is -2.48. The second-order valence-corrected chi connectivity index (χ2v) is 5.00. The van der Waals surface area contributed by atoms with Crippen LogP contribution in [-0.4, -0.2) is 30.2 Å². The van der Waals surface area contributed by atoms with E-state index in [1.54, 1.807) is 18.2 Å². The Labute approximate surface area is 105 Å². The molecular formula is C12H17N3O3. The van der Waals surface area contributed by atoms with E-state index in [0.29, 0.717) is 25.4 Å². The lowest BCUT2D eigenvalue weighted by atomic mass is 10.1. The number of nitrogens with zero attached hydrogens (tertiary/aromatic N) is 2. The minimum Gasteiger partial charge on any atom is -0.393 e. The van der Waals surface area contributed by atoms with Crippen molar-refractivity contribution in [3.8, 4) is 0 Å². The summed E-state index contributed by atoms with van der Waals surface area (Å²) in [5, 5.41) is 11.1. The maximum atomic E-state index is 11.1. The Morgan fingerprint density at radius 3 is 2.83 bits per heavy atom. The number of anilines is 2. The smallest absolute Gasteiger partial charge is 0.315 e. The third kappa shape index (κ3) is 2.38. The van der Waals surface area contributed by atoms with Crippen LogP contribution in [0.2, 0.25) is 0 Å². The normalized spacial score (nSPS) is 18.7. The standard InChI is InChI=1S/C12H17N3O3/c1-12(2)8-14(6-7-18-12)10-5-3-4-9(13)11(10)15(16)17/h3-5H,6-8,13H2,1-2H3. The van der Waals surface area contributed by atoms with Crippen LogP contribution in [0, 0.1) is 10.1 Å². The van der Waals surface area contributed by atoms with Gasteiger partial charge in [-0.15, -0.1) is 0 Å². The molecule has 0 bridgehead atoms. The zero-order valence-electron chi connectivity index (χ0n) is 10.5. The molecule has 0 unspecified atom stereocenters. The fourth-order valence-electron chi connectivity index (χ4n) is 2.22. The maximum absolute atomic E-state index is 11.1. The Morgan fingerprint density at radius 1 is 1.50 bits per heavy atom. The number of para-hydroxylation sites is 1. The molecule has 1 aliphatic heterocycles. The Kier molecular flexibility index (Phi) is 3.13. The molecule has 0 aliphatic carbocycles. The number of hydrogen-bond acceptors (Lipinski definition) is 5. The molecular weight excluding hydrogens is 234 g/mol. The van der Waals surface area contributed by atoms with Crippen molar-refractivity contribution in [3.63, 3.8) is 0 Å². The average Bonchev–Trinajstić information content (AvgIpc) is 2.26. The van der Waals surface area contributed by atoms with E-state index < -0.39 is 4.92 Å². The molecule has 0 aromatic heterocycles. The number of benzene rings is 1. The van der Waals surface area contributed by atoms with Gasteiger partial charge in [0, 0.05) is 13.1 Å². The molecule has 6 nitrogen and oxygen atoms in total. The molecule has 2 rings (SSSR count). The summed E-state index contributed by atoms with van der Waals surface area (Å²) in [5.74, 6) is 0. The SMILES string of the molecule is CC1(C)CN(c2cccc(N)c2[N+](=O)[O-])CCO1. The zero-order chi connectivity index (χ0) is 13.3. The Bertz CT molecular complexity index is 474. The molecule has 0 saturated carbocycles. The van der Waals surface area contributed by atoms with Gasteiger partial charge < -0.3 is 15.4 Å². The van der Waals surface area contributed by atoms with Crippen LogP contribution < -0.4 is 10.6 Å². The molecule has 1 saturated heterocycles. The summed E-state index contributed by atoms with van der Waals surface area (Å²) in [7, 11) is 0. The van der Waals surface area contributed by atoms with Crippen molar-refractivity contribution in [3.05, 3.63) is 28.3 Å². The predicted octanol–water partition coefficient (Wildman–Crippen LogP) is 1.79. The number of rotatable bonds is 2. The first-order valence-corrected chi connectivity index (χ1v) is 5.82. The minimum atomic E-state index is -0.423. The fraction of sp³-hybridized carbons (Fsp3) is 0.500. The molecule has 2 N–H and O–H groups in total. The second kappa shape index (κ2) is 4.45. The van der Waals surface area contributed by atoms with Gasteiger partial charge in [0.05, 0.1) is 17.1 Å². The number of nitrogen functional groups attached to an aromatic ring is 1. The fourth-order valence-corrected chi connectivity index (χ4v) is 2.22. The quantitative estimate of drug-likeness (QED) is 0.492. The van der Waals surface area contributed by atoms with Crippen LogP contribution in [0.15, 0.2) is 18.2 Å². The molecule has 1 fully saturated rings. The average molecular weight is 251 g/mol. The lowest BCUT2D eigenvalue weighted by Gasteiger charge is -2.39.